The van der Waals surface area contributed by atoms with Crippen LogP contribution in [0.2, 0.25) is 5.02 Å². The Balaban J connectivity index is 1.42. The average molecular weight is 520 g/mol. The smallest absolute Gasteiger partial charge is 0.379 e. The van der Waals surface area contributed by atoms with Gasteiger partial charge >= 0.3 is 5.97 Å². The van der Waals surface area contributed by atoms with Gasteiger partial charge in [0.25, 0.3) is 5.78 Å². The minimum atomic E-state index is -3.91. The first-order valence-corrected chi connectivity index (χ1v) is 13.0. The lowest BCUT2D eigenvalue weighted by molar-refractivity contribution is -0.137. The second-order valence-corrected chi connectivity index (χ2v) is 9.89. The standard InChI is InChI=1S/C28H22ClNO5S/c29-23-15-13-22(14-16-23)26(21-7-2-1-3-8-21)19-36(33,34)30-17-18-35-28(32)27(31)25-12-6-10-20-9-4-5-11-24(20)25/h1-16,19,30H,17-18H2. The van der Waals surface area contributed by atoms with Gasteiger partial charge in [-0.2, -0.15) is 0 Å². The fraction of sp³-hybridized carbons (Fsp3) is 0.0714. The van der Waals surface area contributed by atoms with Crippen LogP contribution < -0.4 is 4.72 Å². The summed E-state index contributed by atoms with van der Waals surface area (Å²) >= 11 is 5.98. The van der Waals surface area contributed by atoms with Gasteiger partial charge in [-0.3, -0.25) is 4.79 Å². The number of halogens is 1. The summed E-state index contributed by atoms with van der Waals surface area (Å²) in [5.41, 5.74) is 2.08. The van der Waals surface area contributed by atoms with Gasteiger partial charge in [-0.25, -0.2) is 17.9 Å². The lowest BCUT2D eigenvalue weighted by Gasteiger charge is -2.10. The molecule has 0 saturated carbocycles. The predicted molar refractivity (Wildman–Crippen MR) is 141 cm³/mol. The molecule has 36 heavy (non-hydrogen) atoms. The number of carbonyl (C=O) groups excluding carboxylic acids is 2. The molecule has 4 aromatic rings. The molecule has 4 rings (SSSR count). The Morgan fingerprint density at radius 3 is 2.19 bits per heavy atom. The molecular formula is C28H22ClNO5S. The van der Waals surface area contributed by atoms with E-state index in [2.05, 4.69) is 4.72 Å². The van der Waals surface area contributed by atoms with Crippen LogP contribution >= 0.6 is 11.6 Å². The summed E-state index contributed by atoms with van der Waals surface area (Å²) in [5.74, 6) is -1.84. The molecule has 0 bridgehead atoms. The highest BCUT2D eigenvalue weighted by Gasteiger charge is 2.20. The van der Waals surface area contributed by atoms with Crippen molar-refractivity contribution in [3.8, 4) is 0 Å². The molecule has 0 radical (unpaired) electrons. The van der Waals surface area contributed by atoms with Crippen LogP contribution in [-0.4, -0.2) is 33.3 Å². The molecule has 0 aliphatic rings. The number of Topliss-reactive ketones (excluding diaryl/α,β-unsaturated/α-hetero) is 1. The first-order valence-electron chi connectivity index (χ1n) is 11.1. The van der Waals surface area contributed by atoms with Gasteiger partial charge in [0, 0.05) is 22.7 Å². The van der Waals surface area contributed by atoms with Crippen molar-refractivity contribution in [3.63, 3.8) is 0 Å². The molecule has 0 spiro atoms. The lowest BCUT2D eigenvalue weighted by Crippen LogP contribution is -2.28. The summed E-state index contributed by atoms with van der Waals surface area (Å²) in [6.45, 7) is -0.500. The van der Waals surface area contributed by atoms with E-state index in [-0.39, 0.29) is 18.7 Å². The van der Waals surface area contributed by atoms with E-state index in [4.69, 9.17) is 16.3 Å². The Morgan fingerprint density at radius 2 is 1.44 bits per heavy atom. The minimum absolute atomic E-state index is 0.198. The van der Waals surface area contributed by atoms with Gasteiger partial charge in [-0.05, 0) is 34.0 Å². The summed E-state index contributed by atoms with van der Waals surface area (Å²) < 4.78 is 33.0. The van der Waals surface area contributed by atoms with E-state index >= 15 is 0 Å². The maximum atomic E-state index is 12.8. The number of nitrogens with one attached hydrogen (secondary N) is 1. The van der Waals surface area contributed by atoms with Crippen LogP contribution in [0.15, 0.2) is 102 Å². The number of fused-ring (bicyclic) bond motifs is 1. The molecule has 0 amide bonds. The largest absolute Gasteiger partial charge is 0.458 e. The van der Waals surface area contributed by atoms with Crippen molar-refractivity contribution in [2.24, 2.45) is 0 Å². The Kier molecular flexibility index (Phi) is 7.95. The Morgan fingerprint density at radius 1 is 0.806 bits per heavy atom. The van der Waals surface area contributed by atoms with Crippen LogP contribution in [-0.2, 0) is 19.6 Å². The van der Waals surface area contributed by atoms with Crippen LogP contribution in [0.4, 0.5) is 0 Å². The third-order valence-corrected chi connectivity index (χ3v) is 6.78. The third-order valence-electron chi connectivity index (χ3n) is 5.37. The zero-order valence-corrected chi connectivity index (χ0v) is 20.6. The molecule has 4 aromatic carbocycles. The number of sulfonamides is 1. The summed E-state index contributed by atoms with van der Waals surface area (Å²) in [5, 5.41) is 3.12. The quantitative estimate of drug-likeness (QED) is 0.142. The monoisotopic (exact) mass is 519 g/mol. The summed E-state index contributed by atoms with van der Waals surface area (Å²) in [6, 6.07) is 28.2. The van der Waals surface area contributed by atoms with E-state index in [9.17, 15) is 18.0 Å². The molecule has 182 valence electrons. The summed E-state index contributed by atoms with van der Waals surface area (Å²) in [7, 11) is -3.91. The fourth-order valence-corrected chi connectivity index (χ4v) is 4.83. The highest BCUT2D eigenvalue weighted by Crippen LogP contribution is 2.25. The van der Waals surface area contributed by atoms with Crippen molar-refractivity contribution in [2.45, 2.75) is 0 Å². The van der Waals surface area contributed by atoms with Gasteiger partial charge in [-0.15, -0.1) is 0 Å². The molecular weight excluding hydrogens is 498 g/mol. The van der Waals surface area contributed by atoms with Crippen LogP contribution in [0.5, 0.6) is 0 Å². The average Bonchev–Trinajstić information content (AvgIpc) is 2.90. The third kappa shape index (κ3) is 6.26. The lowest BCUT2D eigenvalue weighted by atomic mass is 10.00. The van der Waals surface area contributed by atoms with Crippen molar-refractivity contribution >= 4 is 49.7 Å². The van der Waals surface area contributed by atoms with Gasteiger partial charge < -0.3 is 4.74 Å². The van der Waals surface area contributed by atoms with Crippen molar-refractivity contribution in [2.75, 3.05) is 13.2 Å². The molecule has 0 fully saturated rings. The van der Waals surface area contributed by atoms with E-state index < -0.39 is 21.8 Å². The minimum Gasteiger partial charge on any atom is -0.458 e. The number of hydrogen-bond donors (Lipinski definition) is 1. The van der Waals surface area contributed by atoms with Crippen LogP contribution in [0, 0.1) is 0 Å². The molecule has 0 aliphatic carbocycles. The van der Waals surface area contributed by atoms with Gasteiger partial charge in [-0.1, -0.05) is 96.5 Å². The number of hydrogen-bond acceptors (Lipinski definition) is 5. The van der Waals surface area contributed by atoms with Crippen molar-refractivity contribution < 1.29 is 22.7 Å². The van der Waals surface area contributed by atoms with Crippen molar-refractivity contribution in [3.05, 3.63) is 124 Å². The number of benzene rings is 4. The maximum Gasteiger partial charge on any atom is 0.379 e. The van der Waals surface area contributed by atoms with Crippen molar-refractivity contribution in [1.29, 1.82) is 0 Å². The van der Waals surface area contributed by atoms with Gasteiger partial charge in [0.05, 0.1) is 5.41 Å². The first kappa shape index (κ1) is 25.3. The second-order valence-electron chi connectivity index (χ2n) is 7.84. The molecule has 0 heterocycles. The summed E-state index contributed by atoms with van der Waals surface area (Å²) in [4.78, 5) is 24.9. The van der Waals surface area contributed by atoms with Crippen molar-refractivity contribution in [1.82, 2.24) is 4.72 Å². The highest BCUT2D eigenvalue weighted by molar-refractivity contribution is 7.92. The zero-order valence-electron chi connectivity index (χ0n) is 19.1. The zero-order chi connectivity index (χ0) is 25.5. The SMILES string of the molecule is O=C(OCCNS(=O)(=O)C=C(c1ccccc1)c1ccc(Cl)cc1)C(=O)c1cccc2ccccc12. The molecule has 0 aliphatic heterocycles. The Hall–Kier alpha value is -3.78. The van der Waals surface area contributed by atoms with Gasteiger partial charge in [0.2, 0.25) is 10.0 Å². The fourth-order valence-electron chi connectivity index (χ4n) is 3.67. The van der Waals surface area contributed by atoms with E-state index in [1.54, 1.807) is 60.7 Å². The number of carbonyl (C=O) groups is 2. The Labute approximate surface area is 214 Å². The second kappa shape index (κ2) is 11.3. The molecule has 8 heteroatoms. The van der Waals surface area contributed by atoms with E-state index in [0.717, 1.165) is 10.8 Å². The molecule has 0 saturated heterocycles. The molecule has 0 atom stereocenters. The molecule has 6 nitrogen and oxygen atoms in total. The predicted octanol–water partition coefficient (Wildman–Crippen LogP) is 5.23. The Bertz CT molecular complexity index is 1530. The molecule has 1 N–H and O–H groups in total. The van der Waals surface area contributed by atoms with E-state index in [0.29, 0.717) is 27.1 Å². The van der Waals surface area contributed by atoms with Crippen LogP contribution in [0.25, 0.3) is 16.3 Å². The molecule has 0 aromatic heterocycles. The highest BCUT2D eigenvalue weighted by atomic mass is 35.5. The number of ketones is 1. The normalized spacial score (nSPS) is 11.9. The van der Waals surface area contributed by atoms with E-state index in [1.807, 2.05) is 36.4 Å². The van der Waals surface area contributed by atoms with Gasteiger partial charge in [0.1, 0.15) is 6.61 Å². The number of ether oxygens (including phenoxy) is 1. The van der Waals surface area contributed by atoms with Gasteiger partial charge in [0.15, 0.2) is 0 Å². The van der Waals surface area contributed by atoms with E-state index in [1.165, 1.54) is 0 Å². The van der Waals surface area contributed by atoms with Crippen LogP contribution in [0.3, 0.4) is 0 Å². The maximum absolute atomic E-state index is 12.8. The summed E-state index contributed by atoms with van der Waals surface area (Å²) in [6.07, 6.45) is 0. The first-order chi connectivity index (χ1) is 17.3. The van der Waals surface area contributed by atoms with Crippen LogP contribution in [0.1, 0.15) is 21.5 Å². The molecule has 0 unspecified atom stereocenters. The number of rotatable bonds is 9. The number of esters is 1. The topological polar surface area (TPSA) is 89.5 Å².